The first-order valence-electron chi connectivity index (χ1n) is 5.35. The van der Waals surface area contributed by atoms with Crippen LogP contribution < -0.4 is 5.32 Å². The van der Waals surface area contributed by atoms with E-state index >= 15 is 0 Å². The second kappa shape index (κ2) is 5.85. The quantitative estimate of drug-likeness (QED) is 0.865. The highest BCUT2D eigenvalue weighted by molar-refractivity contribution is 14.1. The lowest BCUT2D eigenvalue weighted by Crippen LogP contribution is -2.06. The van der Waals surface area contributed by atoms with Crippen LogP contribution in [0.15, 0.2) is 24.7 Å². The Kier molecular flexibility index (Phi) is 4.18. The van der Waals surface area contributed by atoms with Gasteiger partial charge < -0.3 is 5.32 Å². The largest absolute Gasteiger partial charge is 0.369 e. The summed E-state index contributed by atoms with van der Waals surface area (Å²) in [5.41, 5.74) is 0. The average Bonchev–Trinajstić information content (AvgIpc) is 2.39. The molecule has 0 amide bonds. The normalized spacial score (nSPS) is 10.2. The molecule has 17 heavy (non-hydrogen) atoms. The van der Waals surface area contributed by atoms with E-state index in [2.05, 4.69) is 54.8 Å². The van der Waals surface area contributed by atoms with Crippen molar-refractivity contribution in [3.8, 4) is 11.6 Å². The summed E-state index contributed by atoms with van der Waals surface area (Å²) in [6.07, 6.45) is 6.19. The molecule has 2 heterocycles. The number of anilines is 1. The molecule has 0 unspecified atom stereocenters. The number of hydrogen-bond acceptors (Lipinski definition) is 5. The van der Waals surface area contributed by atoms with Gasteiger partial charge in [0.2, 0.25) is 0 Å². The van der Waals surface area contributed by atoms with E-state index in [0.29, 0.717) is 11.6 Å². The van der Waals surface area contributed by atoms with E-state index in [-0.39, 0.29) is 0 Å². The standard InChI is InChI=1S/C11H12IN5/c1-2-4-13-9-8(12)7-16-11(17-9)10-14-5-3-6-15-10/h3,5-7H,2,4H2,1H3,(H,13,16,17). The Balaban J connectivity index is 2.31. The molecule has 0 saturated carbocycles. The van der Waals surface area contributed by atoms with Gasteiger partial charge >= 0.3 is 0 Å². The molecule has 0 aliphatic heterocycles. The highest BCUT2D eigenvalue weighted by atomic mass is 127. The van der Waals surface area contributed by atoms with Crippen molar-refractivity contribution >= 4 is 28.4 Å². The van der Waals surface area contributed by atoms with Gasteiger partial charge in [0.1, 0.15) is 5.82 Å². The fourth-order valence-corrected chi connectivity index (χ4v) is 1.71. The first-order valence-corrected chi connectivity index (χ1v) is 6.43. The van der Waals surface area contributed by atoms with Gasteiger partial charge in [-0.1, -0.05) is 6.92 Å². The van der Waals surface area contributed by atoms with Gasteiger partial charge in [0, 0.05) is 25.1 Å². The van der Waals surface area contributed by atoms with E-state index in [0.717, 1.165) is 22.4 Å². The predicted molar refractivity (Wildman–Crippen MR) is 74.6 cm³/mol. The van der Waals surface area contributed by atoms with Crippen LogP contribution in [0.25, 0.3) is 11.6 Å². The minimum absolute atomic E-state index is 0.545. The van der Waals surface area contributed by atoms with Gasteiger partial charge in [-0.15, -0.1) is 0 Å². The molecular weight excluding hydrogens is 329 g/mol. The summed E-state index contributed by atoms with van der Waals surface area (Å²) >= 11 is 2.21. The molecular formula is C11H12IN5. The van der Waals surface area contributed by atoms with Crippen LogP contribution in [0.4, 0.5) is 5.82 Å². The highest BCUT2D eigenvalue weighted by Gasteiger charge is 2.07. The van der Waals surface area contributed by atoms with Crippen LogP contribution in [0, 0.1) is 3.57 Å². The molecule has 1 N–H and O–H groups in total. The molecule has 0 fully saturated rings. The summed E-state index contributed by atoms with van der Waals surface area (Å²) in [5.74, 6) is 1.93. The van der Waals surface area contributed by atoms with E-state index in [1.54, 1.807) is 24.7 Å². The van der Waals surface area contributed by atoms with Gasteiger partial charge in [-0.05, 0) is 35.1 Å². The third-order valence-electron chi connectivity index (χ3n) is 2.05. The summed E-state index contributed by atoms with van der Waals surface area (Å²) in [7, 11) is 0. The molecule has 0 atom stereocenters. The van der Waals surface area contributed by atoms with E-state index in [4.69, 9.17) is 0 Å². The van der Waals surface area contributed by atoms with Crippen molar-refractivity contribution in [2.45, 2.75) is 13.3 Å². The Morgan fingerprint density at radius 3 is 2.65 bits per heavy atom. The SMILES string of the molecule is CCCNc1nc(-c2ncccn2)ncc1I. The molecule has 0 radical (unpaired) electrons. The van der Waals surface area contributed by atoms with Gasteiger partial charge in [-0.3, -0.25) is 0 Å². The second-order valence-corrected chi connectivity index (χ2v) is 4.55. The first-order chi connectivity index (χ1) is 8.31. The van der Waals surface area contributed by atoms with Gasteiger partial charge in [0.25, 0.3) is 0 Å². The molecule has 6 heteroatoms. The summed E-state index contributed by atoms with van der Waals surface area (Å²) in [4.78, 5) is 16.9. The van der Waals surface area contributed by atoms with Gasteiger partial charge in [-0.2, -0.15) is 0 Å². The van der Waals surface area contributed by atoms with Crippen molar-refractivity contribution < 1.29 is 0 Å². The summed E-state index contributed by atoms with van der Waals surface area (Å²) in [6.45, 7) is 3.00. The number of aromatic nitrogens is 4. The van der Waals surface area contributed by atoms with Crippen molar-refractivity contribution in [1.82, 2.24) is 19.9 Å². The maximum Gasteiger partial charge on any atom is 0.199 e. The average molecular weight is 341 g/mol. The number of nitrogens with zero attached hydrogens (tertiary/aromatic N) is 4. The molecule has 2 aromatic heterocycles. The van der Waals surface area contributed by atoms with Crippen molar-refractivity contribution in [2.24, 2.45) is 0 Å². The maximum atomic E-state index is 4.43. The zero-order valence-corrected chi connectivity index (χ0v) is 11.5. The van der Waals surface area contributed by atoms with E-state index in [9.17, 15) is 0 Å². The Morgan fingerprint density at radius 1 is 1.18 bits per heavy atom. The zero-order chi connectivity index (χ0) is 12.1. The molecule has 2 rings (SSSR count). The van der Waals surface area contributed by atoms with E-state index in [1.807, 2.05) is 0 Å². The maximum absolute atomic E-state index is 4.43. The van der Waals surface area contributed by atoms with Crippen LogP contribution in [-0.4, -0.2) is 26.5 Å². The number of hydrogen-bond donors (Lipinski definition) is 1. The van der Waals surface area contributed by atoms with Crippen LogP contribution >= 0.6 is 22.6 Å². The Hall–Kier alpha value is -1.31. The third-order valence-corrected chi connectivity index (χ3v) is 2.84. The molecule has 0 aliphatic carbocycles. The van der Waals surface area contributed by atoms with E-state index < -0.39 is 0 Å². The first kappa shape index (κ1) is 12.2. The van der Waals surface area contributed by atoms with E-state index in [1.165, 1.54) is 0 Å². The molecule has 0 saturated heterocycles. The van der Waals surface area contributed by atoms with Gasteiger partial charge in [-0.25, -0.2) is 19.9 Å². The lowest BCUT2D eigenvalue weighted by atomic mass is 10.4. The van der Waals surface area contributed by atoms with Crippen molar-refractivity contribution in [3.05, 3.63) is 28.2 Å². The highest BCUT2D eigenvalue weighted by Crippen LogP contribution is 2.17. The lowest BCUT2D eigenvalue weighted by molar-refractivity contribution is 0.959. The van der Waals surface area contributed by atoms with Gasteiger partial charge in [0.05, 0.1) is 3.57 Å². The molecule has 0 spiro atoms. The van der Waals surface area contributed by atoms with Crippen LogP contribution in [0.5, 0.6) is 0 Å². The van der Waals surface area contributed by atoms with Gasteiger partial charge in [0.15, 0.2) is 11.6 Å². The predicted octanol–water partition coefficient (Wildman–Crippen LogP) is 2.36. The summed E-state index contributed by atoms with van der Waals surface area (Å²) in [6, 6.07) is 1.77. The Labute approximate surface area is 113 Å². The molecule has 2 aromatic rings. The molecule has 0 bridgehead atoms. The van der Waals surface area contributed by atoms with Crippen molar-refractivity contribution in [2.75, 3.05) is 11.9 Å². The minimum atomic E-state index is 0.545. The lowest BCUT2D eigenvalue weighted by Gasteiger charge is -2.07. The molecule has 0 aliphatic rings. The van der Waals surface area contributed by atoms with Crippen molar-refractivity contribution in [3.63, 3.8) is 0 Å². The Bertz CT molecular complexity index is 488. The van der Waals surface area contributed by atoms with Crippen LogP contribution in [0.2, 0.25) is 0 Å². The smallest absolute Gasteiger partial charge is 0.199 e. The second-order valence-electron chi connectivity index (χ2n) is 3.39. The molecule has 88 valence electrons. The third kappa shape index (κ3) is 3.09. The number of nitrogens with one attached hydrogen (secondary N) is 1. The van der Waals surface area contributed by atoms with Crippen LogP contribution in [0.3, 0.4) is 0 Å². The Morgan fingerprint density at radius 2 is 1.94 bits per heavy atom. The topological polar surface area (TPSA) is 63.6 Å². The molecule has 5 nitrogen and oxygen atoms in total. The molecule has 0 aromatic carbocycles. The summed E-state index contributed by atoms with van der Waals surface area (Å²) in [5, 5.41) is 3.26. The van der Waals surface area contributed by atoms with Crippen LogP contribution in [-0.2, 0) is 0 Å². The number of halogens is 1. The van der Waals surface area contributed by atoms with Crippen LogP contribution in [0.1, 0.15) is 13.3 Å². The zero-order valence-electron chi connectivity index (χ0n) is 9.39. The minimum Gasteiger partial charge on any atom is -0.369 e. The monoisotopic (exact) mass is 341 g/mol. The fraction of sp³-hybridized carbons (Fsp3) is 0.273. The number of rotatable bonds is 4. The fourth-order valence-electron chi connectivity index (χ4n) is 1.26. The van der Waals surface area contributed by atoms with Crippen molar-refractivity contribution in [1.29, 1.82) is 0 Å². The summed E-state index contributed by atoms with van der Waals surface area (Å²) < 4.78 is 0.996.